The van der Waals surface area contributed by atoms with Gasteiger partial charge in [-0.05, 0) is 57.2 Å². The zero-order valence-electron chi connectivity index (χ0n) is 18.0. The first-order chi connectivity index (χ1) is 15.6. The molecule has 0 radical (unpaired) electrons. The third-order valence-corrected chi connectivity index (χ3v) is 5.33. The fraction of sp³-hybridized carbons (Fsp3) is 0.111. The van der Waals surface area contributed by atoms with Gasteiger partial charge in [-0.15, -0.1) is 17.8 Å². The van der Waals surface area contributed by atoms with E-state index < -0.39 is 7.82 Å². The van der Waals surface area contributed by atoms with Crippen LogP contribution in [0.15, 0.2) is 72.8 Å². The molecule has 0 spiro atoms. The van der Waals surface area contributed by atoms with E-state index in [4.69, 9.17) is 13.6 Å². The van der Waals surface area contributed by atoms with Gasteiger partial charge < -0.3 is 13.6 Å². The molecule has 0 heterocycles. The van der Waals surface area contributed by atoms with Crippen LogP contribution in [-0.2, 0) is 4.57 Å². The summed E-state index contributed by atoms with van der Waals surface area (Å²) in [5, 5.41) is 0. The monoisotopic (exact) mass is 440 g/mol. The van der Waals surface area contributed by atoms with E-state index in [0.29, 0.717) is 16.7 Å². The zero-order chi connectivity index (χ0) is 22.8. The number of hydrogen-bond acceptors (Lipinski definition) is 4. The first kappa shape index (κ1) is 22.7. The van der Waals surface area contributed by atoms with Crippen molar-refractivity contribution in [1.29, 1.82) is 0 Å². The smallest absolute Gasteiger partial charge is 0.385 e. The quantitative estimate of drug-likeness (QED) is 0.327. The van der Waals surface area contributed by atoms with Gasteiger partial charge in [-0.25, -0.2) is 0 Å². The lowest BCUT2D eigenvalue weighted by Crippen LogP contribution is -2.09. The summed E-state index contributed by atoms with van der Waals surface area (Å²) < 4.78 is 31.6. The van der Waals surface area contributed by atoms with E-state index in [1.165, 1.54) is 0 Å². The lowest BCUT2D eigenvalue weighted by Gasteiger charge is -2.21. The van der Waals surface area contributed by atoms with E-state index >= 15 is 0 Å². The molecule has 0 N–H and O–H groups in total. The lowest BCUT2D eigenvalue weighted by molar-refractivity contribution is 0.297. The molecule has 4 nitrogen and oxygen atoms in total. The number of rotatable bonds is 6. The van der Waals surface area contributed by atoms with Crippen LogP contribution in [0.3, 0.4) is 0 Å². The van der Waals surface area contributed by atoms with Crippen molar-refractivity contribution in [2.24, 2.45) is 0 Å². The van der Waals surface area contributed by atoms with E-state index in [1.54, 1.807) is 75.4 Å². The topological polar surface area (TPSA) is 44.8 Å². The Morgan fingerprint density at radius 1 is 0.531 bits per heavy atom. The van der Waals surface area contributed by atoms with Gasteiger partial charge in [0.2, 0.25) is 0 Å². The first-order valence-corrected chi connectivity index (χ1v) is 11.3. The molecule has 0 saturated carbocycles. The molecule has 5 heteroatoms. The normalized spacial score (nSPS) is 9.72. The van der Waals surface area contributed by atoms with Gasteiger partial charge in [0.05, 0.1) is 16.7 Å². The molecule has 158 valence electrons. The standard InChI is InChI=1S/C27H21O4P/c1-4-13-22-16-7-10-19-25(22)29-32(28,30-26-20-11-8-17-23(26)14-5-2)31-27-21-12-9-18-24(27)15-6-3/h7-12,16-21H,1-3H3. The van der Waals surface area contributed by atoms with Crippen molar-refractivity contribution in [3.8, 4) is 52.8 Å². The van der Waals surface area contributed by atoms with Gasteiger partial charge >= 0.3 is 7.82 Å². The van der Waals surface area contributed by atoms with Gasteiger partial charge in [-0.3, -0.25) is 0 Å². The Hall–Kier alpha value is -4.03. The Labute approximate surface area is 189 Å². The van der Waals surface area contributed by atoms with Crippen LogP contribution in [0, 0.1) is 35.5 Å². The van der Waals surface area contributed by atoms with Crippen LogP contribution in [-0.4, -0.2) is 0 Å². The van der Waals surface area contributed by atoms with Gasteiger partial charge in [0.25, 0.3) is 0 Å². The summed E-state index contributed by atoms with van der Waals surface area (Å²) in [5.41, 5.74) is 1.68. The predicted molar refractivity (Wildman–Crippen MR) is 126 cm³/mol. The maximum atomic E-state index is 14.0. The minimum Gasteiger partial charge on any atom is -0.385 e. The van der Waals surface area contributed by atoms with Crippen molar-refractivity contribution in [1.82, 2.24) is 0 Å². The highest BCUT2D eigenvalue weighted by Gasteiger charge is 2.35. The van der Waals surface area contributed by atoms with Crippen LogP contribution in [0.5, 0.6) is 17.2 Å². The molecule has 0 unspecified atom stereocenters. The summed E-state index contributed by atoms with van der Waals surface area (Å²) in [7, 11) is -4.24. The molecule has 0 aliphatic heterocycles. The van der Waals surface area contributed by atoms with E-state index in [9.17, 15) is 4.57 Å². The minimum absolute atomic E-state index is 0.281. The Kier molecular flexibility index (Phi) is 7.67. The van der Waals surface area contributed by atoms with Crippen molar-refractivity contribution in [2.75, 3.05) is 0 Å². The molecular weight excluding hydrogens is 419 g/mol. The Morgan fingerprint density at radius 2 is 0.812 bits per heavy atom. The van der Waals surface area contributed by atoms with Gasteiger partial charge in [-0.2, -0.15) is 4.57 Å². The summed E-state index contributed by atoms with van der Waals surface area (Å²) >= 11 is 0. The van der Waals surface area contributed by atoms with E-state index in [1.807, 2.05) is 18.2 Å². The second-order valence-electron chi connectivity index (χ2n) is 6.33. The van der Waals surface area contributed by atoms with Crippen molar-refractivity contribution in [3.63, 3.8) is 0 Å². The van der Waals surface area contributed by atoms with Crippen LogP contribution >= 0.6 is 7.82 Å². The van der Waals surface area contributed by atoms with E-state index in [2.05, 4.69) is 35.5 Å². The molecule has 0 fully saturated rings. The van der Waals surface area contributed by atoms with Gasteiger partial charge in [0.1, 0.15) is 17.2 Å². The highest BCUT2D eigenvalue weighted by molar-refractivity contribution is 7.49. The van der Waals surface area contributed by atoms with Crippen LogP contribution in [0.1, 0.15) is 37.5 Å². The molecule has 0 aliphatic carbocycles. The first-order valence-electron chi connectivity index (χ1n) is 9.82. The maximum absolute atomic E-state index is 14.0. The minimum atomic E-state index is -4.24. The largest absolute Gasteiger partial charge is 0.647 e. The SMILES string of the molecule is CC#Cc1ccccc1OP(=O)(Oc1ccccc1C#CC)Oc1ccccc1C#CC. The van der Waals surface area contributed by atoms with Crippen LogP contribution in [0.4, 0.5) is 0 Å². The fourth-order valence-electron chi connectivity index (χ4n) is 2.77. The summed E-state index contributed by atoms with van der Waals surface area (Å²) in [6, 6.07) is 21.0. The number of phosphoric ester groups is 1. The molecule has 0 saturated heterocycles. The molecule has 0 bridgehead atoms. The molecule has 3 aromatic carbocycles. The molecule has 0 atom stereocenters. The Morgan fingerprint density at radius 3 is 1.09 bits per heavy atom. The second kappa shape index (κ2) is 10.8. The molecule has 3 aromatic rings. The third-order valence-electron chi connectivity index (χ3n) is 4.07. The summed E-state index contributed by atoms with van der Waals surface area (Å²) in [6.07, 6.45) is 0. The van der Waals surface area contributed by atoms with Crippen molar-refractivity contribution in [3.05, 3.63) is 89.5 Å². The number of benzene rings is 3. The van der Waals surface area contributed by atoms with Crippen molar-refractivity contribution < 1.29 is 18.1 Å². The van der Waals surface area contributed by atoms with Crippen LogP contribution in [0.25, 0.3) is 0 Å². The molecule has 3 rings (SSSR count). The fourth-order valence-corrected chi connectivity index (χ4v) is 4.08. The molecular formula is C27H21O4P. The number of para-hydroxylation sites is 3. The van der Waals surface area contributed by atoms with Gasteiger partial charge in [0.15, 0.2) is 0 Å². The van der Waals surface area contributed by atoms with Crippen LogP contribution in [0.2, 0.25) is 0 Å². The summed E-state index contributed by atoms with van der Waals surface area (Å²) in [5.74, 6) is 18.1. The van der Waals surface area contributed by atoms with Crippen molar-refractivity contribution >= 4 is 7.82 Å². The second-order valence-corrected chi connectivity index (χ2v) is 7.78. The summed E-state index contributed by atoms with van der Waals surface area (Å²) in [4.78, 5) is 0. The lowest BCUT2D eigenvalue weighted by atomic mass is 10.2. The molecule has 0 amide bonds. The Bertz CT molecular complexity index is 1180. The average molecular weight is 440 g/mol. The highest BCUT2D eigenvalue weighted by Crippen LogP contribution is 2.51. The number of phosphoric acid groups is 1. The number of hydrogen-bond donors (Lipinski definition) is 0. The highest BCUT2D eigenvalue weighted by atomic mass is 31.2. The van der Waals surface area contributed by atoms with Crippen LogP contribution < -0.4 is 13.6 Å². The maximum Gasteiger partial charge on any atom is 0.647 e. The van der Waals surface area contributed by atoms with Gasteiger partial charge in [-0.1, -0.05) is 54.2 Å². The van der Waals surface area contributed by atoms with E-state index in [-0.39, 0.29) is 17.2 Å². The predicted octanol–water partition coefficient (Wildman–Crippen LogP) is 6.45. The molecule has 0 aromatic heterocycles. The van der Waals surface area contributed by atoms with E-state index in [0.717, 1.165) is 0 Å². The third kappa shape index (κ3) is 5.77. The average Bonchev–Trinajstić information content (AvgIpc) is 2.78. The van der Waals surface area contributed by atoms with Crippen molar-refractivity contribution in [2.45, 2.75) is 20.8 Å². The summed E-state index contributed by atoms with van der Waals surface area (Å²) in [6.45, 7) is 5.13. The van der Waals surface area contributed by atoms with Gasteiger partial charge in [0, 0.05) is 0 Å². The zero-order valence-corrected chi connectivity index (χ0v) is 18.9. The Balaban J connectivity index is 2.09. The molecule has 0 aliphatic rings. The molecule has 32 heavy (non-hydrogen) atoms.